The lowest BCUT2D eigenvalue weighted by Gasteiger charge is -2.35. The third-order valence-electron chi connectivity index (χ3n) is 7.96. The number of aromatic nitrogens is 3. The second kappa shape index (κ2) is 10.1. The smallest absolute Gasteiger partial charge is 0.248 e. The van der Waals surface area contributed by atoms with Crippen LogP contribution >= 0.6 is 0 Å². The molecule has 3 fully saturated rings. The van der Waals surface area contributed by atoms with Crippen LogP contribution in [0.3, 0.4) is 0 Å². The van der Waals surface area contributed by atoms with Crippen molar-refractivity contribution in [2.45, 2.75) is 89.9 Å². The number of β-amino-alcohol motifs (C(OH)–C–C–N with tert-alkyl or cyclic N) is 1. The van der Waals surface area contributed by atoms with Crippen LogP contribution in [0.1, 0.15) is 76.1 Å². The third kappa shape index (κ3) is 5.51. The van der Waals surface area contributed by atoms with Gasteiger partial charge < -0.3 is 20.2 Å². The number of nitrogens with one attached hydrogen (secondary N) is 1. The number of benzene rings is 1. The van der Waals surface area contributed by atoms with Crippen LogP contribution in [0.2, 0.25) is 0 Å². The van der Waals surface area contributed by atoms with E-state index in [-0.39, 0.29) is 30.8 Å². The summed E-state index contributed by atoms with van der Waals surface area (Å²) in [5.41, 5.74) is 2.87. The van der Waals surface area contributed by atoms with E-state index in [4.69, 9.17) is 0 Å². The van der Waals surface area contributed by atoms with Crippen molar-refractivity contribution in [1.82, 2.24) is 25.2 Å². The Hall–Kier alpha value is -2.94. The Bertz CT molecular complexity index is 1120. The lowest BCUT2D eigenvalue weighted by atomic mass is 9.85. The largest absolute Gasteiger partial charge is 0.391 e. The fraction of sp³-hybridized carbons (Fsp3) is 0.643. The van der Waals surface area contributed by atoms with Crippen molar-refractivity contribution in [1.29, 1.82) is 0 Å². The van der Waals surface area contributed by atoms with Gasteiger partial charge in [0.25, 0.3) is 0 Å². The van der Waals surface area contributed by atoms with E-state index in [0.29, 0.717) is 12.5 Å². The lowest BCUT2D eigenvalue weighted by molar-refractivity contribution is -0.144. The number of rotatable bonds is 7. The minimum absolute atomic E-state index is 0.145. The zero-order valence-corrected chi connectivity index (χ0v) is 22.4. The molecule has 3 aliphatic rings. The number of aliphatic hydroxyl groups excluding tert-OH is 1. The minimum atomic E-state index is -0.728. The third-order valence-corrected chi connectivity index (χ3v) is 7.96. The highest BCUT2D eigenvalue weighted by Gasteiger charge is 2.45. The Kier molecular flexibility index (Phi) is 7.00. The van der Waals surface area contributed by atoms with Crippen LogP contribution in [0, 0.1) is 12.3 Å². The molecule has 3 heterocycles. The molecule has 2 saturated heterocycles. The minimum Gasteiger partial charge on any atom is -0.391 e. The fourth-order valence-corrected chi connectivity index (χ4v) is 5.79. The van der Waals surface area contributed by atoms with Crippen LogP contribution in [0.15, 0.2) is 30.5 Å². The van der Waals surface area contributed by atoms with Crippen molar-refractivity contribution in [3.8, 4) is 0 Å². The summed E-state index contributed by atoms with van der Waals surface area (Å²) in [6.45, 7) is 9.68. The van der Waals surface area contributed by atoms with Gasteiger partial charge in [0.1, 0.15) is 12.1 Å². The standard InChI is InChI=1S/C28H40N6O3/c1-18-7-11-20(12-8-18)32-13-5-6-21(32)15-29-26(36)24-14-22(35)16-33(24)27(37)25(28(2,3)4)34-17-23(30-31-34)19-9-10-19/h7-8,11-12,17,19,21-22,24-25,35H,5-6,9-10,13-16H2,1-4H3,(H,29,36)/t21?,22-,24+,25-/m1/s1. The van der Waals surface area contributed by atoms with Crippen LogP contribution in [-0.2, 0) is 9.59 Å². The predicted octanol–water partition coefficient (Wildman–Crippen LogP) is 2.80. The van der Waals surface area contributed by atoms with E-state index in [2.05, 4.69) is 51.7 Å². The molecule has 2 aromatic rings. The SMILES string of the molecule is Cc1ccc(N2CCCC2CNC(=O)[C@@H]2C[C@@H](O)CN2C(=O)[C@@H](n2cc(C3CC3)nn2)C(C)(C)C)cc1. The first-order chi connectivity index (χ1) is 17.6. The Labute approximate surface area is 219 Å². The molecule has 5 rings (SSSR count). The highest BCUT2D eigenvalue weighted by Crippen LogP contribution is 2.40. The van der Waals surface area contributed by atoms with Gasteiger partial charge in [-0.2, -0.15) is 0 Å². The van der Waals surface area contributed by atoms with Gasteiger partial charge in [-0.15, -0.1) is 5.10 Å². The zero-order chi connectivity index (χ0) is 26.3. The first kappa shape index (κ1) is 25.7. The molecule has 1 aliphatic carbocycles. The second-order valence-corrected chi connectivity index (χ2v) is 12.1. The molecule has 1 saturated carbocycles. The van der Waals surface area contributed by atoms with E-state index in [1.807, 2.05) is 27.0 Å². The number of nitrogens with zero attached hydrogens (tertiary/aromatic N) is 5. The number of anilines is 1. The van der Waals surface area contributed by atoms with Crippen LogP contribution in [-0.4, -0.2) is 74.6 Å². The highest BCUT2D eigenvalue weighted by atomic mass is 16.3. The van der Waals surface area contributed by atoms with Gasteiger partial charge in [-0.3, -0.25) is 9.59 Å². The van der Waals surface area contributed by atoms with Crippen LogP contribution in [0.4, 0.5) is 5.69 Å². The van der Waals surface area contributed by atoms with Crippen molar-refractivity contribution in [2.24, 2.45) is 5.41 Å². The first-order valence-corrected chi connectivity index (χ1v) is 13.6. The van der Waals surface area contributed by atoms with Crippen molar-refractivity contribution < 1.29 is 14.7 Å². The van der Waals surface area contributed by atoms with Gasteiger partial charge in [0, 0.05) is 49.9 Å². The predicted molar refractivity (Wildman–Crippen MR) is 141 cm³/mol. The van der Waals surface area contributed by atoms with Crippen molar-refractivity contribution in [2.75, 3.05) is 24.5 Å². The van der Waals surface area contributed by atoms with Crippen LogP contribution < -0.4 is 10.2 Å². The number of hydrogen-bond acceptors (Lipinski definition) is 6. The number of hydrogen-bond donors (Lipinski definition) is 2. The van der Waals surface area contributed by atoms with Gasteiger partial charge in [-0.05, 0) is 50.2 Å². The van der Waals surface area contributed by atoms with Crippen LogP contribution in [0.25, 0.3) is 0 Å². The molecular formula is C28H40N6O3. The molecule has 2 amide bonds. The Morgan fingerprint density at radius 1 is 1.16 bits per heavy atom. The van der Waals surface area contributed by atoms with Gasteiger partial charge in [0.05, 0.1) is 11.8 Å². The molecule has 4 atom stereocenters. The molecular weight excluding hydrogens is 468 g/mol. The summed E-state index contributed by atoms with van der Waals surface area (Å²) in [6.07, 6.45) is 5.69. The average molecular weight is 509 g/mol. The summed E-state index contributed by atoms with van der Waals surface area (Å²) >= 11 is 0. The zero-order valence-electron chi connectivity index (χ0n) is 22.4. The molecule has 200 valence electrons. The molecule has 37 heavy (non-hydrogen) atoms. The average Bonchev–Trinajstić information content (AvgIpc) is 3.22. The number of likely N-dealkylation sites (tertiary alicyclic amines) is 1. The molecule has 9 nitrogen and oxygen atoms in total. The number of amides is 2. The molecule has 1 aromatic carbocycles. The van der Waals surface area contributed by atoms with Gasteiger partial charge in [0.2, 0.25) is 11.8 Å². The fourth-order valence-electron chi connectivity index (χ4n) is 5.79. The Balaban J connectivity index is 1.28. The number of carbonyl (C=O) groups excluding carboxylic acids is 2. The maximum absolute atomic E-state index is 13.9. The maximum atomic E-state index is 13.9. The molecule has 0 bridgehead atoms. The summed E-state index contributed by atoms with van der Waals surface area (Å²) in [4.78, 5) is 31.2. The molecule has 2 N–H and O–H groups in total. The Morgan fingerprint density at radius 3 is 2.57 bits per heavy atom. The molecule has 0 spiro atoms. The van der Waals surface area contributed by atoms with E-state index < -0.39 is 23.6 Å². The maximum Gasteiger partial charge on any atom is 0.248 e. The van der Waals surface area contributed by atoms with Crippen molar-refractivity contribution >= 4 is 17.5 Å². The van der Waals surface area contributed by atoms with Gasteiger partial charge in [-0.1, -0.05) is 43.7 Å². The highest BCUT2D eigenvalue weighted by molar-refractivity contribution is 5.90. The first-order valence-electron chi connectivity index (χ1n) is 13.6. The summed E-state index contributed by atoms with van der Waals surface area (Å²) in [7, 11) is 0. The van der Waals surface area contributed by atoms with Crippen molar-refractivity contribution in [3.05, 3.63) is 41.7 Å². The van der Waals surface area contributed by atoms with E-state index >= 15 is 0 Å². The van der Waals surface area contributed by atoms with Gasteiger partial charge in [0.15, 0.2) is 0 Å². The Morgan fingerprint density at radius 2 is 1.89 bits per heavy atom. The topological polar surface area (TPSA) is 104 Å². The van der Waals surface area contributed by atoms with Gasteiger partial charge in [-0.25, -0.2) is 4.68 Å². The second-order valence-electron chi connectivity index (χ2n) is 12.1. The molecule has 9 heteroatoms. The summed E-state index contributed by atoms with van der Waals surface area (Å²) in [5, 5.41) is 22.2. The van der Waals surface area contributed by atoms with E-state index in [1.54, 1.807) is 9.58 Å². The van der Waals surface area contributed by atoms with E-state index in [0.717, 1.165) is 37.9 Å². The monoisotopic (exact) mass is 508 g/mol. The van der Waals surface area contributed by atoms with Crippen LogP contribution in [0.5, 0.6) is 0 Å². The molecule has 1 unspecified atom stereocenters. The van der Waals surface area contributed by atoms with Gasteiger partial charge >= 0.3 is 0 Å². The van der Waals surface area contributed by atoms with E-state index in [9.17, 15) is 14.7 Å². The molecule has 0 radical (unpaired) electrons. The number of aliphatic hydroxyl groups is 1. The molecule has 2 aliphatic heterocycles. The normalized spacial score (nSPS) is 24.9. The summed E-state index contributed by atoms with van der Waals surface area (Å²) in [6, 6.07) is 7.39. The van der Waals surface area contributed by atoms with E-state index in [1.165, 1.54) is 11.3 Å². The summed E-state index contributed by atoms with van der Waals surface area (Å²) in [5.74, 6) is 0.0378. The molecule has 1 aromatic heterocycles. The quantitative estimate of drug-likeness (QED) is 0.596. The number of aryl methyl sites for hydroxylation is 1. The van der Waals surface area contributed by atoms with Crippen molar-refractivity contribution in [3.63, 3.8) is 0 Å². The lowest BCUT2D eigenvalue weighted by Crippen LogP contribution is -2.52. The summed E-state index contributed by atoms with van der Waals surface area (Å²) < 4.78 is 1.66. The number of carbonyl (C=O) groups is 2.